The highest BCUT2D eigenvalue weighted by Crippen LogP contribution is 2.17. The van der Waals surface area contributed by atoms with Crippen molar-refractivity contribution in [3.05, 3.63) is 41.9 Å². The number of carbonyl (C=O) groups is 1. The van der Waals surface area contributed by atoms with Gasteiger partial charge in [0.1, 0.15) is 11.6 Å². The number of nitrogens with zero attached hydrogens (tertiary/aromatic N) is 4. The van der Waals surface area contributed by atoms with Gasteiger partial charge in [0, 0.05) is 30.7 Å². The first-order chi connectivity index (χ1) is 10.9. The normalized spacial score (nSPS) is 11.9. The Kier molecular flexibility index (Phi) is 3.95. The predicted octanol–water partition coefficient (Wildman–Crippen LogP) is 0.972. The molecule has 0 aliphatic rings. The first-order valence-corrected chi connectivity index (χ1v) is 9.01. The molecule has 0 saturated heterocycles. The van der Waals surface area contributed by atoms with E-state index in [0.717, 1.165) is 17.2 Å². The Labute approximate surface area is 132 Å². The Morgan fingerprint density at radius 1 is 1.30 bits per heavy atom. The van der Waals surface area contributed by atoms with Crippen LogP contribution in [0.3, 0.4) is 0 Å². The average Bonchev–Trinajstić information content (AvgIpc) is 3.09. The van der Waals surface area contributed by atoms with Crippen molar-refractivity contribution < 1.29 is 13.2 Å². The largest absolute Gasteiger partial charge is 0.292 e. The van der Waals surface area contributed by atoms with E-state index in [2.05, 4.69) is 20.5 Å². The lowest BCUT2D eigenvalue weighted by molar-refractivity contribution is 0.0979. The van der Waals surface area contributed by atoms with E-state index in [-0.39, 0.29) is 18.1 Å². The predicted molar refractivity (Wildman–Crippen MR) is 83.6 cm³/mol. The van der Waals surface area contributed by atoms with Gasteiger partial charge < -0.3 is 0 Å². The minimum absolute atomic E-state index is 0.0971. The van der Waals surface area contributed by atoms with Crippen LogP contribution in [-0.2, 0) is 22.1 Å². The van der Waals surface area contributed by atoms with Gasteiger partial charge in [0.25, 0.3) is 0 Å². The van der Waals surface area contributed by atoms with Gasteiger partial charge in [-0.2, -0.15) is 5.10 Å². The van der Waals surface area contributed by atoms with Crippen LogP contribution in [0.4, 0.5) is 0 Å². The lowest BCUT2D eigenvalue weighted by atomic mass is 10.1. The average molecular weight is 333 g/mol. The number of fused-ring (bicyclic) bond motifs is 1. The second kappa shape index (κ2) is 5.92. The molecule has 0 bridgehead atoms. The van der Waals surface area contributed by atoms with E-state index >= 15 is 0 Å². The van der Waals surface area contributed by atoms with Crippen molar-refractivity contribution in [2.45, 2.75) is 18.7 Å². The zero-order valence-electron chi connectivity index (χ0n) is 12.4. The third-order valence-electron chi connectivity index (χ3n) is 3.30. The van der Waals surface area contributed by atoms with Gasteiger partial charge in [0.15, 0.2) is 15.6 Å². The Hall–Kier alpha value is -2.55. The van der Waals surface area contributed by atoms with Crippen LogP contribution in [0.5, 0.6) is 0 Å². The summed E-state index contributed by atoms with van der Waals surface area (Å²) in [6, 6.07) is 7.42. The Morgan fingerprint density at radius 3 is 2.87 bits per heavy atom. The van der Waals surface area contributed by atoms with Crippen molar-refractivity contribution in [1.29, 1.82) is 0 Å². The second-order valence-corrected chi connectivity index (χ2v) is 7.45. The molecule has 23 heavy (non-hydrogen) atoms. The lowest BCUT2D eigenvalue weighted by Gasteiger charge is -1.97. The maximum Gasteiger partial charge on any atom is 0.184 e. The molecule has 2 heterocycles. The van der Waals surface area contributed by atoms with E-state index in [1.807, 2.05) is 24.3 Å². The van der Waals surface area contributed by atoms with E-state index in [0.29, 0.717) is 17.8 Å². The smallest absolute Gasteiger partial charge is 0.184 e. The Balaban J connectivity index is 1.67. The van der Waals surface area contributed by atoms with Crippen LogP contribution < -0.4 is 0 Å². The summed E-state index contributed by atoms with van der Waals surface area (Å²) in [6.07, 6.45) is 3.27. The highest BCUT2D eigenvalue weighted by atomic mass is 32.2. The van der Waals surface area contributed by atoms with Gasteiger partial charge in [-0.3, -0.25) is 9.89 Å². The molecule has 8 nitrogen and oxygen atoms in total. The molecule has 0 saturated carbocycles. The summed E-state index contributed by atoms with van der Waals surface area (Å²) in [5, 5.41) is 15.3. The molecule has 0 spiro atoms. The minimum atomic E-state index is -3.18. The highest BCUT2D eigenvalue weighted by Gasteiger charge is 2.15. The number of ketones is 1. The summed E-state index contributed by atoms with van der Waals surface area (Å²) in [7, 11) is -3.18. The first kappa shape index (κ1) is 15.3. The van der Waals surface area contributed by atoms with Gasteiger partial charge in [0.05, 0.1) is 11.2 Å². The van der Waals surface area contributed by atoms with E-state index in [4.69, 9.17) is 0 Å². The number of rotatable bonds is 6. The summed E-state index contributed by atoms with van der Waals surface area (Å²) < 4.78 is 23.7. The van der Waals surface area contributed by atoms with Crippen LogP contribution >= 0.6 is 0 Å². The fraction of sp³-hybridized carbons (Fsp3) is 0.286. The molecular formula is C14H15N5O3S. The number of aryl methyl sites for hydroxylation is 1. The van der Waals surface area contributed by atoms with Crippen LogP contribution in [0.15, 0.2) is 30.5 Å². The number of para-hydroxylation sites is 1. The fourth-order valence-electron chi connectivity index (χ4n) is 2.29. The Morgan fingerprint density at radius 2 is 2.09 bits per heavy atom. The maximum atomic E-state index is 12.3. The van der Waals surface area contributed by atoms with Crippen molar-refractivity contribution >= 4 is 26.5 Å². The molecule has 0 aliphatic heterocycles. The van der Waals surface area contributed by atoms with Gasteiger partial charge >= 0.3 is 0 Å². The van der Waals surface area contributed by atoms with Crippen LogP contribution in [0.1, 0.15) is 22.6 Å². The topological polar surface area (TPSA) is 111 Å². The van der Waals surface area contributed by atoms with Crippen LogP contribution in [0, 0.1) is 0 Å². The fourth-order valence-corrected chi connectivity index (χ4v) is 2.90. The van der Waals surface area contributed by atoms with E-state index in [1.165, 1.54) is 10.9 Å². The molecule has 120 valence electrons. The number of carbonyl (C=O) groups excluding carboxylic acids is 1. The van der Waals surface area contributed by atoms with Gasteiger partial charge in [-0.05, 0) is 6.07 Å². The first-order valence-electron chi connectivity index (χ1n) is 6.95. The molecule has 3 aromatic rings. The molecule has 2 aromatic heterocycles. The summed E-state index contributed by atoms with van der Waals surface area (Å²) in [6.45, 7) is 0. The van der Waals surface area contributed by atoms with Crippen molar-refractivity contribution in [3.8, 4) is 0 Å². The van der Waals surface area contributed by atoms with Crippen molar-refractivity contribution in [2.75, 3.05) is 6.26 Å². The zero-order valence-corrected chi connectivity index (χ0v) is 13.2. The molecule has 1 N–H and O–H groups in total. The Bertz CT molecular complexity index is 958. The van der Waals surface area contributed by atoms with Gasteiger partial charge in [-0.1, -0.05) is 23.4 Å². The third kappa shape index (κ3) is 3.62. The monoisotopic (exact) mass is 333 g/mol. The van der Waals surface area contributed by atoms with Crippen molar-refractivity contribution in [1.82, 2.24) is 25.2 Å². The molecule has 1 aromatic carbocycles. The third-order valence-corrected chi connectivity index (χ3v) is 4.03. The number of hydrogen-bond acceptors (Lipinski definition) is 6. The summed E-state index contributed by atoms with van der Waals surface area (Å²) >= 11 is 0. The summed E-state index contributed by atoms with van der Waals surface area (Å²) in [4.78, 5) is 12.3. The molecule has 0 radical (unpaired) electrons. The van der Waals surface area contributed by atoms with E-state index in [1.54, 1.807) is 0 Å². The molecule has 3 rings (SSSR count). The summed E-state index contributed by atoms with van der Waals surface area (Å²) in [5.41, 5.74) is 1.79. The van der Waals surface area contributed by atoms with Crippen LogP contribution in [0.25, 0.3) is 10.9 Å². The molecule has 9 heteroatoms. The molecular weight excluding hydrogens is 318 g/mol. The quantitative estimate of drug-likeness (QED) is 0.673. The molecule has 0 amide bonds. The molecule has 0 unspecified atom stereocenters. The number of sulfone groups is 1. The minimum Gasteiger partial charge on any atom is -0.292 e. The van der Waals surface area contributed by atoms with Gasteiger partial charge in [0.2, 0.25) is 0 Å². The number of hydrogen-bond donors (Lipinski definition) is 1. The number of aromatic amines is 1. The molecule has 0 fully saturated rings. The zero-order chi connectivity index (χ0) is 16.4. The highest BCUT2D eigenvalue weighted by molar-refractivity contribution is 7.89. The standard InChI is InChI=1S/C14H15N5O3S/c1-23(21,22)9-19-8-10(15-18-19)6-7-13(20)14-11-4-2-3-5-12(11)16-17-14/h2-5,8H,6-7,9H2,1H3,(H,16,17). The molecule has 0 aliphatic carbocycles. The van der Waals surface area contributed by atoms with Crippen LogP contribution in [-0.4, -0.2) is 45.6 Å². The number of benzene rings is 1. The summed E-state index contributed by atoms with van der Waals surface area (Å²) in [5.74, 6) is -0.321. The number of H-pyrrole nitrogens is 1. The van der Waals surface area contributed by atoms with Crippen molar-refractivity contribution in [2.24, 2.45) is 0 Å². The van der Waals surface area contributed by atoms with E-state index in [9.17, 15) is 13.2 Å². The lowest BCUT2D eigenvalue weighted by Crippen LogP contribution is -2.09. The molecule has 0 atom stereocenters. The van der Waals surface area contributed by atoms with E-state index < -0.39 is 9.84 Å². The SMILES string of the molecule is CS(=O)(=O)Cn1cc(CCC(=O)c2n[nH]c3ccccc23)nn1. The van der Waals surface area contributed by atoms with Crippen molar-refractivity contribution in [3.63, 3.8) is 0 Å². The number of aromatic nitrogens is 5. The second-order valence-electron chi connectivity index (χ2n) is 5.35. The number of nitrogens with one attached hydrogen (secondary N) is 1. The maximum absolute atomic E-state index is 12.3. The van der Waals surface area contributed by atoms with Gasteiger partial charge in [-0.15, -0.1) is 5.10 Å². The van der Waals surface area contributed by atoms with Crippen LogP contribution in [0.2, 0.25) is 0 Å². The van der Waals surface area contributed by atoms with Gasteiger partial charge in [-0.25, -0.2) is 13.1 Å². The number of Topliss-reactive ketones (excluding diaryl/α,β-unsaturated/α-hetero) is 1.